The molecule has 2 amide bonds. The number of nitrogens with one attached hydrogen (secondary N) is 2. The maximum absolute atomic E-state index is 11.7. The second kappa shape index (κ2) is 6.89. The molecular formula is C12H17N3O3S. The molecule has 104 valence electrons. The Hall–Kier alpha value is -1.89. The van der Waals surface area contributed by atoms with E-state index in [0.717, 1.165) is 10.7 Å². The lowest BCUT2D eigenvalue weighted by molar-refractivity contribution is -0.139. The van der Waals surface area contributed by atoms with Gasteiger partial charge in [0.25, 0.3) is 0 Å². The summed E-state index contributed by atoms with van der Waals surface area (Å²) in [6.45, 7) is 7.12. The molecule has 7 heteroatoms. The van der Waals surface area contributed by atoms with Gasteiger partial charge in [-0.2, -0.15) is 0 Å². The molecule has 0 aliphatic carbocycles. The summed E-state index contributed by atoms with van der Waals surface area (Å²) in [6.07, 6.45) is 1.63. The van der Waals surface area contributed by atoms with Crippen LogP contribution in [0.3, 0.4) is 0 Å². The molecule has 1 heterocycles. The van der Waals surface area contributed by atoms with E-state index in [1.54, 1.807) is 6.92 Å². The Morgan fingerprint density at radius 2 is 2.26 bits per heavy atom. The fraction of sp³-hybridized carbons (Fsp3) is 0.417. The van der Waals surface area contributed by atoms with Gasteiger partial charge in [-0.05, 0) is 20.3 Å². The third kappa shape index (κ3) is 4.70. The number of aliphatic carboxylic acids is 1. The van der Waals surface area contributed by atoms with Crippen molar-refractivity contribution in [3.63, 3.8) is 0 Å². The maximum atomic E-state index is 11.7. The normalized spacial score (nSPS) is 13.4. The van der Waals surface area contributed by atoms with Gasteiger partial charge in [0, 0.05) is 11.1 Å². The highest BCUT2D eigenvalue weighted by atomic mass is 32.1. The fourth-order valence-corrected chi connectivity index (χ4v) is 2.22. The first-order valence-electron chi connectivity index (χ1n) is 5.76. The molecule has 2 atom stereocenters. The van der Waals surface area contributed by atoms with E-state index in [0.29, 0.717) is 0 Å². The Kier molecular flexibility index (Phi) is 5.50. The molecule has 2 unspecified atom stereocenters. The number of hydrogen-bond donors (Lipinski definition) is 3. The summed E-state index contributed by atoms with van der Waals surface area (Å²) in [4.78, 5) is 26.8. The van der Waals surface area contributed by atoms with Crippen molar-refractivity contribution < 1.29 is 14.7 Å². The number of carboxylic acid groups (broad SMARTS) is 1. The van der Waals surface area contributed by atoms with Gasteiger partial charge in [0.05, 0.1) is 6.04 Å². The van der Waals surface area contributed by atoms with Crippen molar-refractivity contribution >= 4 is 23.3 Å². The van der Waals surface area contributed by atoms with Crippen LogP contribution in [0.2, 0.25) is 0 Å². The van der Waals surface area contributed by atoms with Crippen LogP contribution in [0.1, 0.15) is 30.1 Å². The Balaban J connectivity index is 2.54. The van der Waals surface area contributed by atoms with Crippen molar-refractivity contribution in [3.05, 3.63) is 28.7 Å². The summed E-state index contributed by atoms with van der Waals surface area (Å²) in [7, 11) is 0. The van der Waals surface area contributed by atoms with Crippen molar-refractivity contribution in [1.82, 2.24) is 15.6 Å². The Labute approximate surface area is 115 Å². The number of thiazole rings is 1. The van der Waals surface area contributed by atoms with E-state index >= 15 is 0 Å². The van der Waals surface area contributed by atoms with E-state index in [4.69, 9.17) is 5.11 Å². The zero-order valence-electron chi connectivity index (χ0n) is 10.8. The lowest BCUT2D eigenvalue weighted by atomic mass is 10.2. The molecule has 1 aromatic rings. The molecule has 1 rings (SSSR count). The predicted octanol–water partition coefficient (Wildman–Crippen LogP) is 1.84. The minimum absolute atomic E-state index is 0.174. The second-order valence-corrected chi connectivity index (χ2v) is 4.97. The van der Waals surface area contributed by atoms with Crippen LogP contribution in [-0.2, 0) is 4.79 Å². The van der Waals surface area contributed by atoms with Crippen LogP contribution >= 0.6 is 11.3 Å². The molecule has 0 saturated carbocycles. The van der Waals surface area contributed by atoms with E-state index in [2.05, 4.69) is 22.2 Å². The zero-order chi connectivity index (χ0) is 14.4. The average Bonchev–Trinajstić information content (AvgIpc) is 2.75. The van der Waals surface area contributed by atoms with Gasteiger partial charge in [0.1, 0.15) is 11.0 Å². The van der Waals surface area contributed by atoms with E-state index in [-0.39, 0.29) is 12.5 Å². The van der Waals surface area contributed by atoms with Gasteiger partial charge in [-0.3, -0.25) is 0 Å². The van der Waals surface area contributed by atoms with Crippen LogP contribution in [-0.4, -0.2) is 28.1 Å². The highest BCUT2D eigenvalue weighted by Gasteiger charge is 2.20. The number of amides is 2. The number of nitrogens with zero attached hydrogens (tertiary/aromatic N) is 1. The van der Waals surface area contributed by atoms with E-state index in [1.165, 1.54) is 17.4 Å². The molecular weight excluding hydrogens is 266 g/mol. The molecule has 0 spiro atoms. The Morgan fingerprint density at radius 3 is 2.74 bits per heavy atom. The van der Waals surface area contributed by atoms with Gasteiger partial charge in [-0.1, -0.05) is 6.08 Å². The first kappa shape index (κ1) is 15.2. The fourth-order valence-electron chi connectivity index (χ4n) is 1.42. The summed E-state index contributed by atoms with van der Waals surface area (Å²) in [5.74, 6) is -1.09. The highest BCUT2D eigenvalue weighted by molar-refractivity contribution is 7.09. The van der Waals surface area contributed by atoms with Gasteiger partial charge in [0.15, 0.2) is 0 Å². The molecule has 6 nitrogen and oxygen atoms in total. The standard InChI is InChI=1S/C12H17N3O3S/c1-4-5-9(11(16)17)15-12(18)14-8(3)10-13-7(2)6-19-10/h4,6,8-9H,1,5H2,2-3H3,(H,16,17)(H2,14,15,18). The van der Waals surface area contributed by atoms with Crippen molar-refractivity contribution in [3.8, 4) is 0 Å². The molecule has 0 aromatic carbocycles. The third-order valence-electron chi connectivity index (χ3n) is 2.36. The topological polar surface area (TPSA) is 91.3 Å². The van der Waals surface area contributed by atoms with Crippen molar-refractivity contribution in [1.29, 1.82) is 0 Å². The first-order chi connectivity index (χ1) is 8.93. The number of carbonyl (C=O) groups is 2. The van der Waals surface area contributed by atoms with Gasteiger partial charge in [0.2, 0.25) is 0 Å². The zero-order valence-corrected chi connectivity index (χ0v) is 11.7. The van der Waals surface area contributed by atoms with Gasteiger partial charge in [-0.25, -0.2) is 14.6 Å². The number of urea groups is 1. The van der Waals surface area contributed by atoms with Crippen molar-refractivity contribution in [2.24, 2.45) is 0 Å². The Morgan fingerprint density at radius 1 is 1.58 bits per heavy atom. The Bertz CT molecular complexity index is 473. The maximum Gasteiger partial charge on any atom is 0.326 e. The third-order valence-corrected chi connectivity index (χ3v) is 3.51. The molecule has 3 N–H and O–H groups in total. The molecule has 0 aliphatic rings. The number of carboxylic acids is 1. The smallest absolute Gasteiger partial charge is 0.326 e. The van der Waals surface area contributed by atoms with Crippen molar-refractivity contribution in [2.75, 3.05) is 0 Å². The van der Waals surface area contributed by atoms with Gasteiger partial charge < -0.3 is 15.7 Å². The van der Waals surface area contributed by atoms with E-state index in [1.807, 2.05) is 12.3 Å². The number of aryl methyl sites for hydroxylation is 1. The molecule has 1 aromatic heterocycles. The lowest BCUT2D eigenvalue weighted by Crippen LogP contribution is -2.46. The van der Waals surface area contributed by atoms with E-state index < -0.39 is 18.0 Å². The highest BCUT2D eigenvalue weighted by Crippen LogP contribution is 2.17. The molecule has 19 heavy (non-hydrogen) atoms. The molecule has 0 aliphatic heterocycles. The minimum atomic E-state index is -1.09. The second-order valence-electron chi connectivity index (χ2n) is 4.08. The molecule has 0 bridgehead atoms. The number of rotatable bonds is 6. The van der Waals surface area contributed by atoms with Crippen LogP contribution in [0, 0.1) is 6.92 Å². The molecule has 0 fully saturated rings. The summed E-state index contributed by atoms with van der Waals surface area (Å²) in [5, 5.41) is 16.6. The monoisotopic (exact) mass is 283 g/mol. The number of carbonyl (C=O) groups excluding carboxylic acids is 1. The average molecular weight is 283 g/mol. The van der Waals surface area contributed by atoms with Crippen LogP contribution in [0.4, 0.5) is 4.79 Å². The minimum Gasteiger partial charge on any atom is -0.480 e. The summed E-state index contributed by atoms with van der Waals surface area (Å²) < 4.78 is 0. The quantitative estimate of drug-likeness (QED) is 0.695. The number of aromatic nitrogens is 1. The first-order valence-corrected chi connectivity index (χ1v) is 6.64. The SMILES string of the molecule is C=CCC(NC(=O)NC(C)c1nc(C)cs1)C(=O)O. The largest absolute Gasteiger partial charge is 0.480 e. The number of hydrogen-bond acceptors (Lipinski definition) is 4. The van der Waals surface area contributed by atoms with Crippen LogP contribution in [0.25, 0.3) is 0 Å². The van der Waals surface area contributed by atoms with Crippen LogP contribution in [0.15, 0.2) is 18.0 Å². The van der Waals surface area contributed by atoms with Crippen molar-refractivity contribution in [2.45, 2.75) is 32.4 Å². The lowest BCUT2D eigenvalue weighted by Gasteiger charge is -2.16. The summed E-state index contributed by atoms with van der Waals surface area (Å²) >= 11 is 1.45. The molecule has 0 radical (unpaired) electrons. The summed E-state index contributed by atoms with van der Waals surface area (Å²) in [6, 6.07) is -1.77. The molecule has 0 saturated heterocycles. The van der Waals surface area contributed by atoms with Gasteiger partial charge in [-0.15, -0.1) is 17.9 Å². The predicted molar refractivity (Wildman–Crippen MR) is 73.2 cm³/mol. The van der Waals surface area contributed by atoms with E-state index in [9.17, 15) is 9.59 Å². The van der Waals surface area contributed by atoms with Gasteiger partial charge >= 0.3 is 12.0 Å². The summed E-state index contributed by atoms with van der Waals surface area (Å²) in [5.41, 5.74) is 0.893. The van der Waals surface area contributed by atoms with Crippen LogP contribution in [0.5, 0.6) is 0 Å². The van der Waals surface area contributed by atoms with Crippen LogP contribution < -0.4 is 10.6 Å².